The Labute approximate surface area is 210 Å². The summed E-state index contributed by atoms with van der Waals surface area (Å²) in [7, 11) is 1.60. The van der Waals surface area contributed by atoms with Crippen LogP contribution in [0.25, 0.3) is 16.9 Å². The molecule has 1 aromatic heterocycles. The fourth-order valence-corrected chi connectivity index (χ4v) is 5.05. The Balaban J connectivity index is 1.51. The van der Waals surface area contributed by atoms with Crippen molar-refractivity contribution in [1.29, 1.82) is 0 Å². The predicted molar refractivity (Wildman–Crippen MR) is 143 cm³/mol. The van der Waals surface area contributed by atoms with Crippen LogP contribution in [-0.2, 0) is 6.42 Å². The van der Waals surface area contributed by atoms with Crippen molar-refractivity contribution in [2.24, 2.45) is 0 Å². The lowest BCUT2D eigenvalue weighted by Crippen LogP contribution is -2.24. The van der Waals surface area contributed by atoms with Crippen molar-refractivity contribution in [2.45, 2.75) is 33.1 Å². The summed E-state index contributed by atoms with van der Waals surface area (Å²) in [6.07, 6.45) is 2.93. The summed E-state index contributed by atoms with van der Waals surface area (Å²) in [5.41, 5.74) is 5.23. The van der Waals surface area contributed by atoms with Crippen molar-refractivity contribution in [3.63, 3.8) is 0 Å². The van der Waals surface area contributed by atoms with Gasteiger partial charge >= 0.3 is 4.87 Å². The molecular formula is C29H30N2O3S. The number of amides is 1. The Morgan fingerprint density at radius 2 is 1.77 bits per heavy atom. The molecule has 0 saturated carbocycles. The fourth-order valence-electron chi connectivity index (χ4n) is 4.20. The summed E-state index contributed by atoms with van der Waals surface area (Å²) in [4.78, 5) is 26.6. The number of hydrogen-bond donors (Lipinski definition) is 1. The molecule has 0 aliphatic rings. The Hall–Kier alpha value is -3.64. The van der Waals surface area contributed by atoms with E-state index in [0.717, 1.165) is 41.0 Å². The summed E-state index contributed by atoms with van der Waals surface area (Å²) < 4.78 is 7.25. The second-order valence-corrected chi connectivity index (χ2v) is 9.73. The minimum absolute atomic E-state index is 0.0899. The molecule has 180 valence electrons. The third-order valence-corrected chi connectivity index (χ3v) is 6.83. The molecule has 0 aliphatic heterocycles. The van der Waals surface area contributed by atoms with Crippen LogP contribution >= 0.6 is 11.3 Å². The number of ether oxygens (including phenoxy) is 1. The summed E-state index contributed by atoms with van der Waals surface area (Å²) in [6, 6.07) is 23.6. The van der Waals surface area contributed by atoms with E-state index in [9.17, 15) is 9.59 Å². The standard InChI is InChI=1S/C29H30N2O3S/c1-20-15-16-25(26(18-20)34-3)31-27(21(2)35-29(31)33)23-13-9-14-24(19-23)28(32)30-17-8-7-12-22-10-5-4-6-11-22/h4-6,9-11,13-16,18-19H,7-8,12,17H2,1-3H3,(H,30,32). The molecule has 6 heteroatoms. The van der Waals surface area contributed by atoms with Gasteiger partial charge in [0.1, 0.15) is 5.75 Å². The number of aromatic nitrogens is 1. The van der Waals surface area contributed by atoms with Crippen molar-refractivity contribution >= 4 is 17.2 Å². The Bertz CT molecular complexity index is 1370. The minimum atomic E-state index is -0.110. The molecule has 0 unspecified atom stereocenters. The molecule has 0 saturated heterocycles. The van der Waals surface area contributed by atoms with Crippen molar-refractivity contribution in [1.82, 2.24) is 9.88 Å². The van der Waals surface area contributed by atoms with Crippen LogP contribution in [0.15, 0.2) is 77.6 Å². The van der Waals surface area contributed by atoms with Crippen molar-refractivity contribution in [2.75, 3.05) is 13.7 Å². The number of hydrogen-bond acceptors (Lipinski definition) is 4. The highest BCUT2D eigenvalue weighted by atomic mass is 32.1. The molecule has 0 bridgehead atoms. The van der Waals surface area contributed by atoms with Crippen LogP contribution in [-0.4, -0.2) is 24.1 Å². The van der Waals surface area contributed by atoms with Gasteiger partial charge in [0, 0.05) is 22.5 Å². The van der Waals surface area contributed by atoms with Crippen LogP contribution in [0.1, 0.15) is 39.2 Å². The molecule has 0 aliphatic carbocycles. The second kappa shape index (κ2) is 11.2. The van der Waals surface area contributed by atoms with E-state index in [1.54, 1.807) is 17.7 Å². The maximum atomic E-state index is 13.0. The average molecular weight is 487 g/mol. The largest absolute Gasteiger partial charge is 0.495 e. The number of thiazole rings is 1. The normalized spacial score (nSPS) is 10.8. The van der Waals surface area contributed by atoms with Gasteiger partial charge in [0.05, 0.1) is 18.5 Å². The minimum Gasteiger partial charge on any atom is -0.495 e. The molecule has 4 rings (SSSR count). The van der Waals surface area contributed by atoms with Crippen LogP contribution in [0.5, 0.6) is 5.75 Å². The Kier molecular flexibility index (Phi) is 7.83. The van der Waals surface area contributed by atoms with Crippen LogP contribution in [0.2, 0.25) is 0 Å². The van der Waals surface area contributed by atoms with Crippen molar-refractivity contribution in [3.8, 4) is 22.7 Å². The molecule has 1 heterocycles. The number of benzene rings is 3. The maximum absolute atomic E-state index is 13.0. The van der Waals surface area contributed by atoms with Crippen LogP contribution in [0.4, 0.5) is 0 Å². The molecule has 0 fully saturated rings. The molecule has 35 heavy (non-hydrogen) atoms. The first-order chi connectivity index (χ1) is 17.0. The smallest absolute Gasteiger partial charge is 0.312 e. The van der Waals surface area contributed by atoms with E-state index < -0.39 is 0 Å². The van der Waals surface area contributed by atoms with Gasteiger partial charge in [0.25, 0.3) is 5.91 Å². The Morgan fingerprint density at radius 1 is 0.971 bits per heavy atom. The highest BCUT2D eigenvalue weighted by molar-refractivity contribution is 7.09. The summed E-state index contributed by atoms with van der Waals surface area (Å²) >= 11 is 1.19. The SMILES string of the molecule is COc1cc(C)ccc1-n1c(-c2cccc(C(=O)NCCCCc3ccccc3)c2)c(C)sc1=O. The molecule has 5 nitrogen and oxygen atoms in total. The molecule has 1 N–H and O–H groups in total. The topological polar surface area (TPSA) is 60.3 Å². The number of nitrogens with one attached hydrogen (secondary N) is 1. The van der Waals surface area contributed by atoms with Crippen molar-refractivity contribution in [3.05, 3.63) is 104 Å². The number of methoxy groups -OCH3 is 1. The lowest BCUT2D eigenvalue weighted by atomic mass is 10.1. The van der Waals surface area contributed by atoms with E-state index >= 15 is 0 Å². The number of aryl methyl sites for hydroxylation is 3. The third kappa shape index (κ3) is 5.72. The van der Waals surface area contributed by atoms with E-state index in [4.69, 9.17) is 4.74 Å². The van der Waals surface area contributed by atoms with Crippen molar-refractivity contribution < 1.29 is 9.53 Å². The average Bonchev–Trinajstić information content (AvgIpc) is 3.17. The van der Waals surface area contributed by atoms with Gasteiger partial charge in [-0.15, -0.1) is 0 Å². The third-order valence-electron chi connectivity index (χ3n) is 5.97. The lowest BCUT2D eigenvalue weighted by Gasteiger charge is -2.14. The van der Waals surface area contributed by atoms with Gasteiger partial charge in [-0.1, -0.05) is 59.9 Å². The van der Waals surface area contributed by atoms with E-state index in [2.05, 4.69) is 17.4 Å². The fraction of sp³-hybridized carbons (Fsp3) is 0.241. The van der Waals surface area contributed by atoms with Gasteiger partial charge in [-0.3, -0.25) is 14.2 Å². The number of carbonyl (C=O) groups is 1. The summed E-state index contributed by atoms with van der Waals surface area (Å²) in [5, 5.41) is 3.03. The molecule has 1 amide bonds. The van der Waals surface area contributed by atoms with Gasteiger partial charge in [-0.25, -0.2) is 0 Å². The lowest BCUT2D eigenvalue weighted by molar-refractivity contribution is 0.0953. The van der Waals surface area contributed by atoms with Crippen LogP contribution in [0, 0.1) is 13.8 Å². The van der Waals surface area contributed by atoms with E-state index in [1.165, 1.54) is 16.9 Å². The molecule has 4 aromatic rings. The quantitative estimate of drug-likeness (QED) is 0.298. The molecular weight excluding hydrogens is 456 g/mol. The highest BCUT2D eigenvalue weighted by Crippen LogP contribution is 2.32. The zero-order valence-corrected chi connectivity index (χ0v) is 21.2. The zero-order valence-electron chi connectivity index (χ0n) is 20.3. The number of unbranched alkanes of at least 4 members (excludes halogenated alkanes) is 1. The highest BCUT2D eigenvalue weighted by Gasteiger charge is 2.19. The van der Waals surface area contributed by atoms with Crippen LogP contribution in [0.3, 0.4) is 0 Å². The van der Waals surface area contributed by atoms with E-state index in [0.29, 0.717) is 23.5 Å². The van der Waals surface area contributed by atoms with Crippen LogP contribution < -0.4 is 14.9 Å². The number of rotatable bonds is 9. The first-order valence-electron chi connectivity index (χ1n) is 11.8. The molecule has 0 atom stereocenters. The van der Waals surface area contributed by atoms with Gasteiger partial charge in [-0.2, -0.15) is 0 Å². The van der Waals surface area contributed by atoms with Gasteiger partial charge in [0.2, 0.25) is 0 Å². The predicted octanol–water partition coefficient (Wildman–Crippen LogP) is 5.94. The number of carbonyl (C=O) groups excluding carboxylic acids is 1. The summed E-state index contributed by atoms with van der Waals surface area (Å²) in [5.74, 6) is 0.525. The first kappa shape index (κ1) is 24.5. The van der Waals surface area contributed by atoms with E-state index in [-0.39, 0.29) is 10.8 Å². The van der Waals surface area contributed by atoms with Gasteiger partial charge < -0.3 is 10.1 Å². The number of nitrogens with zero attached hydrogens (tertiary/aromatic N) is 1. The van der Waals surface area contributed by atoms with Gasteiger partial charge in [0.15, 0.2) is 0 Å². The summed E-state index contributed by atoms with van der Waals surface area (Å²) in [6.45, 7) is 4.54. The molecule has 3 aromatic carbocycles. The van der Waals surface area contributed by atoms with Gasteiger partial charge in [-0.05, 0) is 68.5 Å². The molecule has 0 radical (unpaired) electrons. The monoisotopic (exact) mass is 486 g/mol. The zero-order chi connectivity index (χ0) is 24.8. The van der Waals surface area contributed by atoms with E-state index in [1.807, 2.05) is 68.4 Å². The molecule has 0 spiro atoms. The Morgan fingerprint density at radius 3 is 2.54 bits per heavy atom. The first-order valence-corrected chi connectivity index (χ1v) is 12.6. The second-order valence-electron chi connectivity index (χ2n) is 8.56. The maximum Gasteiger partial charge on any atom is 0.312 e.